The summed E-state index contributed by atoms with van der Waals surface area (Å²) in [6, 6.07) is 9.98. The fraction of sp³-hybridized carbons (Fsp3) is 0.333. The topological polar surface area (TPSA) is 89.0 Å². The molecule has 174 valence electrons. The molecule has 0 fully saturated rings. The number of halogens is 1. The van der Waals surface area contributed by atoms with Crippen LogP contribution >= 0.6 is 23.7 Å². The molecule has 0 atom stereocenters. The number of sulfone groups is 1. The zero-order valence-electron chi connectivity index (χ0n) is 18.5. The molecule has 32 heavy (non-hydrogen) atoms. The second-order valence-corrected chi connectivity index (χ2v) is 10.2. The quantitative estimate of drug-likeness (QED) is 0.469. The number of rotatable bonds is 8. The number of benzene rings is 2. The molecule has 1 heterocycles. The number of hydrogen-bond donors (Lipinski definition) is 0. The highest BCUT2D eigenvalue weighted by Crippen LogP contribution is 2.34. The Hall–Kier alpha value is -2.40. The molecule has 8 nitrogen and oxygen atoms in total. The molecular weight excluding hydrogens is 474 g/mol. The molecule has 1 aromatic heterocycles. The monoisotopic (exact) mass is 499 g/mol. The highest BCUT2D eigenvalue weighted by molar-refractivity contribution is 7.91. The van der Waals surface area contributed by atoms with E-state index in [1.165, 1.54) is 31.6 Å². The van der Waals surface area contributed by atoms with E-state index in [1.54, 1.807) is 35.2 Å². The first-order valence-corrected chi connectivity index (χ1v) is 12.1. The van der Waals surface area contributed by atoms with Crippen molar-refractivity contribution >= 4 is 54.8 Å². The molecule has 0 spiro atoms. The van der Waals surface area contributed by atoms with E-state index >= 15 is 0 Å². The molecule has 3 aromatic rings. The minimum atomic E-state index is -3.45. The van der Waals surface area contributed by atoms with Crippen LogP contribution in [-0.2, 0) is 9.84 Å². The Morgan fingerprint density at radius 2 is 1.75 bits per heavy atom. The average Bonchev–Trinajstić information content (AvgIpc) is 3.15. The van der Waals surface area contributed by atoms with Crippen molar-refractivity contribution in [2.75, 3.05) is 52.6 Å². The van der Waals surface area contributed by atoms with Crippen molar-refractivity contribution in [3.63, 3.8) is 0 Å². The van der Waals surface area contributed by atoms with Crippen LogP contribution in [0.15, 0.2) is 41.3 Å². The number of methoxy groups -OCH3 is 2. The lowest BCUT2D eigenvalue weighted by molar-refractivity contribution is 0.0985. The SMILES string of the molecule is COc1ccc(C(=O)N(CCN(C)C)c2nc3c(S(C)(=O)=O)cccc3s2)cc1OC.Cl. The third-order valence-electron chi connectivity index (χ3n) is 4.65. The molecule has 0 N–H and O–H groups in total. The van der Waals surface area contributed by atoms with Crippen LogP contribution in [0.1, 0.15) is 10.4 Å². The molecule has 11 heteroatoms. The second kappa shape index (κ2) is 10.5. The number of carbonyl (C=O) groups is 1. The average molecular weight is 500 g/mol. The van der Waals surface area contributed by atoms with Gasteiger partial charge in [0.25, 0.3) is 5.91 Å². The van der Waals surface area contributed by atoms with E-state index in [-0.39, 0.29) is 23.2 Å². The number of anilines is 1. The van der Waals surface area contributed by atoms with Gasteiger partial charge in [0, 0.05) is 24.9 Å². The van der Waals surface area contributed by atoms with E-state index in [2.05, 4.69) is 4.98 Å². The Bertz CT molecular complexity index is 1210. The molecule has 0 saturated carbocycles. The van der Waals surface area contributed by atoms with Crippen molar-refractivity contribution in [1.82, 2.24) is 9.88 Å². The summed E-state index contributed by atoms with van der Waals surface area (Å²) in [7, 11) is 3.42. The number of likely N-dealkylation sites (N-methyl/N-ethyl adjacent to an activating group) is 1. The van der Waals surface area contributed by atoms with E-state index in [0.717, 1.165) is 6.26 Å². The Kier molecular flexibility index (Phi) is 8.47. The Balaban J connectivity index is 0.00000363. The smallest absolute Gasteiger partial charge is 0.260 e. The number of para-hydroxylation sites is 1. The zero-order chi connectivity index (χ0) is 22.8. The molecule has 3 rings (SSSR count). The third-order valence-corrected chi connectivity index (χ3v) is 6.82. The molecule has 0 radical (unpaired) electrons. The van der Waals surface area contributed by atoms with Crippen LogP contribution in [0.3, 0.4) is 0 Å². The minimum Gasteiger partial charge on any atom is -0.493 e. The first-order chi connectivity index (χ1) is 14.7. The van der Waals surface area contributed by atoms with Gasteiger partial charge in [-0.15, -0.1) is 12.4 Å². The third kappa shape index (κ3) is 5.50. The second-order valence-electron chi connectivity index (χ2n) is 7.20. The maximum Gasteiger partial charge on any atom is 0.260 e. The van der Waals surface area contributed by atoms with Gasteiger partial charge in [0.15, 0.2) is 26.5 Å². The lowest BCUT2D eigenvalue weighted by Crippen LogP contribution is -2.36. The highest BCUT2D eigenvalue weighted by atomic mass is 35.5. The van der Waals surface area contributed by atoms with Gasteiger partial charge in [0.2, 0.25) is 0 Å². The number of thiazole rings is 1. The molecule has 0 saturated heterocycles. The predicted molar refractivity (Wildman–Crippen MR) is 130 cm³/mol. The summed E-state index contributed by atoms with van der Waals surface area (Å²) in [6.07, 6.45) is 1.15. The highest BCUT2D eigenvalue weighted by Gasteiger charge is 2.24. The number of aromatic nitrogens is 1. The van der Waals surface area contributed by atoms with Crippen LogP contribution in [0.25, 0.3) is 10.2 Å². The number of ether oxygens (including phenoxy) is 2. The summed E-state index contributed by atoms with van der Waals surface area (Å²) in [6.45, 7) is 0.988. The molecular formula is C21H26ClN3O5S2. The van der Waals surface area contributed by atoms with Crippen molar-refractivity contribution in [2.24, 2.45) is 0 Å². The summed E-state index contributed by atoms with van der Waals surface area (Å²) in [5.41, 5.74) is 0.791. The first kappa shape index (κ1) is 25.9. The van der Waals surface area contributed by atoms with Gasteiger partial charge in [0.05, 0.1) is 23.8 Å². The lowest BCUT2D eigenvalue weighted by atomic mass is 10.1. The van der Waals surface area contributed by atoms with E-state index in [9.17, 15) is 13.2 Å². The normalized spacial score (nSPS) is 11.3. The van der Waals surface area contributed by atoms with Crippen molar-refractivity contribution in [2.45, 2.75) is 4.90 Å². The maximum atomic E-state index is 13.4. The van der Waals surface area contributed by atoms with Crippen molar-refractivity contribution in [1.29, 1.82) is 0 Å². The standard InChI is InChI=1S/C21H25N3O5S2.ClH/c1-23(2)11-12-24(20(25)14-9-10-15(28-3)16(13-14)29-4)21-22-19-17(30-21)7-6-8-18(19)31(5,26)27;/h6-10,13H,11-12H2,1-5H3;1H. The van der Waals surface area contributed by atoms with E-state index in [4.69, 9.17) is 9.47 Å². The van der Waals surface area contributed by atoms with Gasteiger partial charge in [-0.3, -0.25) is 9.69 Å². The lowest BCUT2D eigenvalue weighted by Gasteiger charge is -2.22. The van der Waals surface area contributed by atoms with Crippen molar-refractivity contribution in [3.05, 3.63) is 42.0 Å². The summed E-state index contributed by atoms with van der Waals surface area (Å²) >= 11 is 1.28. The van der Waals surface area contributed by atoms with Crippen LogP contribution in [0.5, 0.6) is 11.5 Å². The number of hydrogen-bond acceptors (Lipinski definition) is 8. The number of carbonyl (C=O) groups excluding carboxylic acids is 1. The van der Waals surface area contributed by atoms with Gasteiger partial charge >= 0.3 is 0 Å². The number of amides is 1. The maximum absolute atomic E-state index is 13.4. The molecule has 1 amide bonds. The van der Waals surface area contributed by atoms with E-state index < -0.39 is 9.84 Å². The summed E-state index contributed by atoms with van der Waals surface area (Å²) in [5.74, 6) is 0.712. The van der Waals surface area contributed by atoms with Gasteiger partial charge in [-0.25, -0.2) is 13.4 Å². The number of fused-ring (bicyclic) bond motifs is 1. The number of nitrogens with zero attached hydrogens (tertiary/aromatic N) is 3. The van der Waals surface area contributed by atoms with Crippen LogP contribution in [0, 0.1) is 0 Å². The molecule has 0 bridgehead atoms. The van der Waals surface area contributed by atoms with Gasteiger partial charge in [-0.1, -0.05) is 17.4 Å². The van der Waals surface area contributed by atoms with Crippen molar-refractivity contribution in [3.8, 4) is 11.5 Å². The molecule has 2 aromatic carbocycles. The minimum absolute atomic E-state index is 0. The van der Waals surface area contributed by atoms with Crippen LogP contribution < -0.4 is 14.4 Å². The van der Waals surface area contributed by atoms with Crippen LogP contribution in [0.2, 0.25) is 0 Å². The molecule has 0 aliphatic carbocycles. The predicted octanol–water partition coefficient (Wildman–Crippen LogP) is 3.35. The largest absolute Gasteiger partial charge is 0.493 e. The Morgan fingerprint density at radius 1 is 1.06 bits per heavy atom. The fourth-order valence-electron chi connectivity index (χ4n) is 3.04. The van der Waals surface area contributed by atoms with Gasteiger partial charge in [0.1, 0.15) is 5.52 Å². The first-order valence-electron chi connectivity index (χ1n) is 9.44. The molecule has 0 aliphatic rings. The van der Waals surface area contributed by atoms with Crippen LogP contribution in [-0.4, -0.2) is 71.9 Å². The summed E-state index contributed by atoms with van der Waals surface area (Å²) in [5, 5.41) is 0.438. The van der Waals surface area contributed by atoms with Gasteiger partial charge < -0.3 is 14.4 Å². The Morgan fingerprint density at radius 3 is 2.34 bits per heavy atom. The van der Waals surface area contributed by atoms with Crippen molar-refractivity contribution < 1.29 is 22.7 Å². The molecule has 0 aliphatic heterocycles. The van der Waals surface area contributed by atoms with E-state index in [1.807, 2.05) is 19.0 Å². The summed E-state index contributed by atoms with van der Waals surface area (Å²) < 4.78 is 35.6. The van der Waals surface area contributed by atoms with Gasteiger partial charge in [-0.05, 0) is 44.4 Å². The van der Waals surface area contributed by atoms with Gasteiger partial charge in [-0.2, -0.15) is 0 Å². The summed E-state index contributed by atoms with van der Waals surface area (Å²) in [4.78, 5) is 21.7. The van der Waals surface area contributed by atoms with E-state index in [0.29, 0.717) is 45.5 Å². The zero-order valence-corrected chi connectivity index (χ0v) is 20.9. The Labute approximate surface area is 198 Å². The fourth-order valence-corrected chi connectivity index (χ4v) is 4.95. The van der Waals surface area contributed by atoms with Crippen LogP contribution in [0.4, 0.5) is 5.13 Å². The molecule has 0 unspecified atom stereocenters.